The molecule has 8 unspecified atom stereocenters. The number of esters is 2. The molecule has 3 N–H and O–H groups in total. The maximum absolute atomic E-state index is 13.2. The summed E-state index contributed by atoms with van der Waals surface area (Å²) in [5.74, 6) is -4.80. The minimum atomic E-state index is -1.96. The summed E-state index contributed by atoms with van der Waals surface area (Å²) in [6.07, 6.45) is 14.4. The van der Waals surface area contributed by atoms with E-state index in [2.05, 4.69) is 6.92 Å². The average Bonchev–Trinajstić information content (AvgIpc) is 3.31. The number of hydrogen-bond acceptors (Lipinski definition) is 8. The molecule has 8 atom stereocenters. The highest BCUT2D eigenvalue weighted by atomic mass is 16.6. The van der Waals surface area contributed by atoms with E-state index in [4.69, 9.17) is 9.47 Å². The van der Waals surface area contributed by atoms with Crippen molar-refractivity contribution in [2.45, 2.75) is 83.7 Å². The van der Waals surface area contributed by atoms with Crippen LogP contribution in [-0.2, 0) is 23.9 Å². The first-order valence-electron chi connectivity index (χ1n) is 14.1. The molecule has 2 saturated carbocycles. The van der Waals surface area contributed by atoms with Crippen molar-refractivity contribution >= 4 is 17.7 Å². The zero-order valence-corrected chi connectivity index (χ0v) is 24.2. The normalized spacial score (nSPS) is 39.8. The van der Waals surface area contributed by atoms with Gasteiger partial charge in [0, 0.05) is 48.5 Å². The lowest BCUT2D eigenvalue weighted by Crippen LogP contribution is -2.66. The quantitative estimate of drug-likeness (QED) is 0.180. The van der Waals surface area contributed by atoms with Gasteiger partial charge >= 0.3 is 11.9 Å². The number of carbonyl (C=O) groups is 3. The lowest BCUT2D eigenvalue weighted by Gasteiger charge is -2.53. The van der Waals surface area contributed by atoms with E-state index in [1.807, 2.05) is 26.0 Å². The Morgan fingerprint density at radius 3 is 2.42 bits per heavy atom. The molecule has 0 spiro atoms. The third-order valence-electron chi connectivity index (χ3n) is 9.67. The minimum absolute atomic E-state index is 0.133. The van der Waals surface area contributed by atoms with E-state index in [1.54, 1.807) is 44.2 Å². The van der Waals surface area contributed by atoms with Crippen molar-refractivity contribution in [3.05, 3.63) is 59.8 Å². The Hall–Kier alpha value is -2.81. The van der Waals surface area contributed by atoms with Crippen LogP contribution >= 0.6 is 0 Å². The Bertz CT molecular complexity index is 1220. The van der Waals surface area contributed by atoms with Gasteiger partial charge in [0.25, 0.3) is 0 Å². The van der Waals surface area contributed by atoms with Gasteiger partial charge < -0.3 is 24.8 Å². The molecule has 40 heavy (non-hydrogen) atoms. The van der Waals surface area contributed by atoms with Crippen LogP contribution in [0.4, 0.5) is 0 Å². The second kappa shape index (κ2) is 10.5. The summed E-state index contributed by atoms with van der Waals surface area (Å²) in [6.45, 7) is 10.1. The summed E-state index contributed by atoms with van der Waals surface area (Å²) in [4.78, 5) is 38.7. The van der Waals surface area contributed by atoms with Gasteiger partial charge in [0.2, 0.25) is 0 Å². The van der Waals surface area contributed by atoms with Crippen LogP contribution in [0.3, 0.4) is 0 Å². The molecule has 0 aromatic heterocycles. The van der Waals surface area contributed by atoms with Crippen LogP contribution in [0.2, 0.25) is 0 Å². The first kappa shape index (κ1) is 30.2. The van der Waals surface area contributed by atoms with E-state index in [-0.39, 0.29) is 6.42 Å². The standard InChI is InChI=1S/C32H42O8/c1-7-8-9-10-11-12-13-14-25(35)39-28-20(3)31(38)23(26-29(5,6)32(26,28)40-21(4)34)16-22(18-33)17-30(37)24(31)15-19(2)27(30)36/h9-16,20,23-24,26,28,33,37-38H,7-8,17-18H2,1-6H3. The van der Waals surface area contributed by atoms with Crippen LogP contribution in [0.15, 0.2) is 59.8 Å². The highest BCUT2D eigenvalue weighted by molar-refractivity contribution is 6.04. The molecular formula is C32H42O8. The predicted octanol–water partition coefficient (Wildman–Crippen LogP) is 3.52. The van der Waals surface area contributed by atoms with E-state index in [9.17, 15) is 29.7 Å². The molecule has 0 bridgehead atoms. The van der Waals surface area contributed by atoms with Crippen molar-refractivity contribution in [1.82, 2.24) is 0 Å². The summed E-state index contributed by atoms with van der Waals surface area (Å²) in [5.41, 5.74) is -4.94. The number of ether oxygens (including phenoxy) is 2. The van der Waals surface area contributed by atoms with Gasteiger partial charge in [-0.2, -0.15) is 0 Å². The molecule has 0 aromatic carbocycles. The molecule has 0 aliphatic heterocycles. The Labute approximate surface area is 236 Å². The van der Waals surface area contributed by atoms with Crippen molar-refractivity contribution in [3.63, 3.8) is 0 Å². The fourth-order valence-corrected chi connectivity index (χ4v) is 7.83. The van der Waals surface area contributed by atoms with Gasteiger partial charge in [-0.1, -0.05) is 76.6 Å². The number of allylic oxidation sites excluding steroid dienone is 5. The van der Waals surface area contributed by atoms with E-state index in [0.29, 0.717) is 11.1 Å². The van der Waals surface area contributed by atoms with Gasteiger partial charge in [-0.25, -0.2) is 4.79 Å². The van der Waals surface area contributed by atoms with Crippen molar-refractivity contribution in [2.75, 3.05) is 6.61 Å². The van der Waals surface area contributed by atoms with Crippen LogP contribution in [0.5, 0.6) is 0 Å². The summed E-state index contributed by atoms with van der Waals surface area (Å²) >= 11 is 0. The second-order valence-electron chi connectivity index (χ2n) is 12.3. The van der Waals surface area contributed by atoms with E-state index in [1.165, 1.54) is 13.0 Å². The zero-order chi connectivity index (χ0) is 29.7. The third kappa shape index (κ3) is 4.35. The first-order valence-corrected chi connectivity index (χ1v) is 14.1. The number of carbonyl (C=O) groups excluding carboxylic acids is 3. The minimum Gasteiger partial charge on any atom is -0.455 e. The molecule has 0 amide bonds. The van der Waals surface area contributed by atoms with E-state index in [0.717, 1.165) is 12.8 Å². The maximum Gasteiger partial charge on any atom is 0.331 e. The number of unbranched alkanes of at least 4 members (excludes halogenated alkanes) is 1. The second-order valence-corrected chi connectivity index (χ2v) is 12.3. The summed E-state index contributed by atoms with van der Waals surface area (Å²) in [6, 6.07) is 0. The number of fused-ring (bicyclic) bond motifs is 5. The summed E-state index contributed by atoms with van der Waals surface area (Å²) in [7, 11) is 0. The van der Waals surface area contributed by atoms with Gasteiger partial charge in [0.15, 0.2) is 11.4 Å². The lowest BCUT2D eigenvalue weighted by molar-refractivity contribution is -0.226. The molecule has 4 aliphatic rings. The Morgan fingerprint density at radius 1 is 1.12 bits per heavy atom. The molecule has 0 heterocycles. The van der Waals surface area contributed by atoms with Gasteiger partial charge in [-0.05, 0) is 24.5 Å². The Balaban J connectivity index is 1.78. The van der Waals surface area contributed by atoms with Gasteiger partial charge in [-0.15, -0.1) is 0 Å². The zero-order valence-electron chi connectivity index (χ0n) is 24.2. The average molecular weight is 555 g/mol. The number of rotatable bonds is 8. The topological polar surface area (TPSA) is 130 Å². The summed E-state index contributed by atoms with van der Waals surface area (Å²) in [5, 5.41) is 34.6. The highest BCUT2D eigenvalue weighted by Crippen LogP contribution is 2.77. The number of aliphatic hydroxyl groups excluding tert-OH is 1. The van der Waals surface area contributed by atoms with Crippen molar-refractivity contribution in [1.29, 1.82) is 0 Å². The molecule has 4 rings (SSSR count). The number of ketones is 1. The van der Waals surface area contributed by atoms with E-state index < -0.39 is 76.3 Å². The summed E-state index contributed by atoms with van der Waals surface area (Å²) < 4.78 is 12.0. The number of Topliss-reactive ketones (excluding diaryl/α,β-unsaturated/α-hetero) is 1. The van der Waals surface area contributed by atoms with Crippen LogP contribution in [0, 0.1) is 29.1 Å². The maximum atomic E-state index is 13.2. The van der Waals surface area contributed by atoms with Crippen molar-refractivity contribution in [2.24, 2.45) is 29.1 Å². The first-order chi connectivity index (χ1) is 18.7. The molecule has 8 nitrogen and oxygen atoms in total. The number of hydrogen-bond donors (Lipinski definition) is 3. The van der Waals surface area contributed by atoms with Crippen LogP contribution in [0.25, 0.3) is 0 Å². The fourth-order valence-electron chi connectivity index (χ4n) is 7.83. The molecule has 2 fully saturated rings. The van der Waals surface area contributed by atoms with Gasteiger partial charge in [0.05, 0.1) is 12.2 Å². The van der Waals surface area contributed by atoms with Gasteiger partial charge in [-0.3, -0.25) is 9.59 Å². The fraction of sp³-hybridized carbons (Fsp3) is 0.594. The van der Waals surface area contributed by atoms with E-state index >= 15 is 0 Å². The molecule has 218 valence electrons. The molecule has 8 heteroatoms. The van der Waals surface area contributed by atoms with Crippen molar-refractivity contribution < 1.29 is 39.2 Å². The molecular weight excluding hydrogens is 512 g/mol. The van der Waals surface area contributed by atoms with Crippen molar-refractivity contribution in [3.8, 4) is 0 Å². The predicted molar refractivity (Wildman–Crippen MR) is 149 cm³/mol. The molecule has 0 radical (unpaired) electrons. The SMILES string of the molecule is CCCC=CC=CC=CC(=O)OC1C(C)C2(O)C(C=C(CO)CC3(O)C(=O)C(C)=CC32)C2C(C)(C)C12OC(C)=O. The Kier molecular flexibility index (Phi) is 7.95. The van der Waals surface area contributed by atoms with Crippen LogP contribution < -0.4 is 0 Å². The largest absolute Gasteiger partial charge is 0.455 e. The lowest BCUT2D eigenvalue weighted by atomic mass is 9.59. The van der Waals surface area contributed by atoms with Gasteiger partial charge in [0.1, 0.15) is 11.7 Å². The number of aliphatic hydroxyl groups is 3. The third-order valence-corrected chi connectivity index (χ3v) is 9.67. The highest BCUT2D eigenvalue weighted by Gasteiger charge is 2.87. The van der Waals surface area contributed by atoms with Crippen LogP contribution in [-0.4, -0.2) is 62.6 Å². The monoisotopic (exact) mass is 554 g/mol. The Morgan fingerprint density at radius 2 is 1.80 bits per heavy atom. The molecule has 4 aliphatic carbocycles. The molecule has 0 saturated heterocycles. The van der Waals surface area contributed by atoms with Crippen LogP contribution in [0.1, 0.15) is 60.8 Å². The smallest absolute Gasteiger partial charge is 0.331 e. The molecule has 0 aromatic rings.